The van der Waals surface area contributed by atoms with Crippen molar-refractivity contribution in [1.82, 2.24) is 4.57 Å². The first-order chi connectivity index (χ1) is 13.6. The first kappa shape index (κ1) is 17.8. The number of carboxylic acid groups (broad SMARTS) is 1. The maximum atomic E-state index is 14.1. The van der Waals surface area contributed by atoms with Gasteiger partial charge in [-0.1, -0.05) is 42.5 Å². The number of anilines is 1. The largest absolute Gasteiger partial charge is 0.478 e. The number of fused-ring (bicyclic) bond motifs is 1. The molecule has 28 heavy (non-hydrogen) atoms. The van der Waals surface area contributed by atoms with Crippen LogP contribution in [0.15, 0.2) is 79.0 Å². The molecule has 0 unspecified atom stereocenters. The smallest absolute Gasteiger partial charge is 0.335 e. The second-order valence-electron chi connectivity index (χ2n) is 6.63. The van der Waals surface area contributed by atoms with Crippen LogP contribution in [-0.4, -0.2) is 15.6 Å². The van der Waals surface area contributed by atoms with Crippen LogP contribution in [0.5, 0.6) is 0 Å². The number of hydrogen-bond acceptors (Lipinski definition) is 2. The third kappa shape index (κ3) is 3.60. The number of para-hydroxylation sites is 1. The van der Waals surface area contributed by atoms with Crippen LogP contribution in [0.2, 0.25) is 0 Å². The van der Waals surface area contributed by atoms with Crippen molar-refractivity contribution in [3.05, 3.63) is 102 Å². The molecule has 0 fully saturated rings. The number of aromatic nitrogens is 1. The van der Waals surface area contributed by atoms with E-state index in [9.17, 15) is 9.18 Å². The van der Waals surface area contributed by atoms with E-state index < -0.39 is 5.97 Å². The fraction of sp³-hybridized carbons (Fsp3) is 0.0870. The first-order valence-electron chi connectivity index (χ1n) is 8.99. The van der Waals surface area contributed by atoms with Crippen LogP contribution in [0.4, 0.5) is 10.1 Å². The highest BCUT2D eigenvalue weighted by Gasteiger charge is 2.10. The maximum absolute atomic E-state index is 14.1. The van der Waals surface area contributed by atoms with E-state index in [-0.39, 0.29) is 11.4 Å². The van der Waals surface area contributed by atoms with Gasteiger partial charge in [-0.15, -0.1) is 0 Å². The summed E-state index contributed by atoms with van der Waals surface area (Å²) < 4.78 is 16.1. The molecule has 4 aromatic rings. The molecule has 3 aromatic carbocycles. The van der Waals surface area contributed by atoms with Gasteiger partial charge in [-0.3, -0.25) is 0 Å². The van der Waals surface area contributed by atoms with Gasteiger partial charge in [0.05, 0.1) is 12.1 Å². The van der Waals surface area contributed by atoms with Crippen molar-refractivity contribution in [2.45, 2.75) is 13.1 Å². The van der Waals surface area contributed by atoms with E-state index in [1.807, 2.05) is 47.2 Å². The van der Waals surface area contributed by atoms with Crippen molar-refractivity contribution in [3.63, 3.8) is 0 Å². The summed E-state index contributed by atoms with van der Waals surface area (Å²) in [5.74, 6) is -1.17. The SMILES string of the molecule is O=C(O)c1cccc(NCc2cn(Cc3ccccc3F)c3ccccc23)c1. The zero-order chi connectivity index (χ0) is 19.5. The highest BCUT2D eigenvalue weighted by Crippen LogP contribution is 2.24. The van der Waals surface area contributed by atoms with E-state index >= 15 is 0 Å². The molecule has 0 aliphatic carbocycles. The molecule has 0 aliphatic rings. The Labute approximate surface area is 161 Å². The Morgan fingerprint density at radius 1 is 0.964 bits per heavy atom. The average molecular weight is 374 g/mol. The molecule has 0 aliphatic heterocycles. The van der Waals surface area contributed by atoms with Crippen molar-refractivity contribution >= 4 is 22.6 Å². The summed E-state index contributed by atoms with van der Waals surface area (Å²) >= 11 is 0. The van der Waals surface area contributed by atoms with Crippen LogP contribution in [-0.2, 0) is 13.1 Å². The molecule has 5 heteroatoms. The van der Waals surface area contributed by atoms with Crippen LogP contribution in [0.25, 0.3) is 10.9 Å². The monoisotopic (exact) mass is 374 g/mol. The lowest BCUT2D eigenvalue weighted by molar-refractivity contribution is 0.0697. The van der Waals surface area contributed by atoms with Crippen molar-refractivity contribution in [1.29, 1.82) is 0 Å². The lowest BCUT2D eigenvalue weighted by Crippen LogP contribution is -2.02. The molecule has 0 bridgehead atoms. The van der Waals surface area contributed by atoms with Gasteiger partial charge in [0.15, 0.2) is 0 Å². The molecule has 140 valence electrons. The number of hydrogen-bond donors (Lipinski definition) is 2. The fourth-order valence-corrected chi connectivity index (χ4v) is 3.36. The predicted molar refractivity (Wildman–Crippen MR) is 108 cm³/mol. The van der Waals surface area contributed by atoms with E-state index in [1.54, 1.807) is 30.3 Å². The Balaban J connectivity index is 1.62. The molecule has 0 saturated carbocycles. The lowest BCUT2D eigenvalue weighted by Gasteiger charge is -2.07. The van der Waals surface area contributed by atoms with Crippen LogP contribution < -0.4 is 5.32 Å². The summed E-state index contributed by atoms with van der Waals surface area (Å²) in [6.07, 6.45) is 2.02. The number of benzene rings is 3. The number of nitrogens with one attached hydrogen (secondary N) is 1. The molecule has 1 aromatic heterocycles. The van der Waals surface area contributed by atoms with Crippen LogP contribution in [0.3, 0.4) is 0 Å². The first-order valence-corrected chi connectivity index (χ1v) is 8.99. The highest BCUT2D eigenvalue weighted by atomic mass is 19.1. The van der Waals surface area contributed by atoms with Crippen molar-refractivity contribution in [3.8, 4) is 0 Å². The number of rotatable bonds is 6. The Bertz CT molecular complexity index is 1150. The van der Waals surface area contributed by atoms with E-state index in [0.717, 1.165) is 22.2 Å². The van der Waals surface area contributed by atoms with E-state index in [4.69, 9.17) is 5.11 Å². The molecule has 0 amide bonds. The molecule has 4 rings (SSSR count). The number of carboxylic acids is 1. The Morgan fingerprint density at radius 2 is 1.75 bits per heavy atom. The summed E-state index contributed by atoms with van der Waals surface area (Å²) in [6.45, 7) is 0.982. The van der Waals surface area contributed by atoms with Gasteiger partial charge in [0, 0.05) is 34.9 Å². The van der Waals surface area contributed by atoms with E-state index in [1.165, 1.54) is 6.07 Å². The topological polar surface area (TPSA) is 54.3 Å². The third-order valence-corrected chi connectivity index (χ3v) is 4.76. The van der Waals surface area contributed by atoms with Crippen molar-refractivity contribution in [2.24, 2.45) is 0 Å². The minimum Gasteiger partial charge on any atom is -0.478 e. The number of carbonyl (C=O) groups is 1. The molecule has 1 heterocycles. The molecule has 0 spiro atoms. The normalized spacial score (nSPS) is 10.9. The molecular weight excluding hydrogens is 355 g/mol. The van der Waals surface area contributed by atoms with Gasteiger partial charge in [-0.25, -0.2) is 9.18 Å². The number of halogens is 1. The zero-order valence-electron chi connectivity index (χ0n) is 15.1. The van der Waals surface area contributed by atoms with Crippen LogP contribution >= 0.6 is 0 Å². The van der Waals surface area contributed by atoms with Gasteiger partial charge >= 0.3 is 5.97 Å². The summed E-state index contributed by atoms with van der Waals surface area (Å²) in [7, 11) is 0. The number of nitrogens with zero attached hydrogens (tertiary/aromatic N) is 1. The van der Waals surface area contributed by atoms with Gasteiger partial charge in [0.25, 0.3) is 0 Å². The summed E-state index contributed by atoms with van der Waals surface area (Å²) in [4.78, 5) is 11.1. The standard InChI is InChI=1S/C23H19FN2O2/c24-21-10-3-1-6-17(21)14-26-15-18(20-9-2-4-11-22(20)26)13-25-19-8-5-7-16(12-19)23(27)28/h1-12,15,25H,13-14H2,(H,27,28). The van der Waals surface area contributed by atoms with Crippen LogP contribution in [0, 0.1) is 5.82 Å². The van der Waals surface area contributed by atoms with Gasteiger partial charge in [0.1, 0.15) is 5.82 Å². The molecule has 0 radical (unpaired) electrons. The minimum atomic E-state index is -0.954. The molecule has 2 N–H and O–H groups in total. The predicted octanol–water partition coefficient (Wildman–Crippen LogP) is 5.14. The fourth-order valence-electron chi connectivity index (χ4n) is 3.36. The third-order valence-electron chi connectivity index (χ3n) is 4.76. The maximum Gasteiger partial charge on any atom is 0.335 e. The van der Waals surface area contributed by atoms with Crippen molar-refractivity contribution < 1.29 is 14.3 Å². The minimum absolute atomic E-state index is 0.217. The van der Waals surface area contributed by atoms with Crippen molar-refractivity contribution in [2.75, 3.05) is 5.32 Å². The Hall–Kier alpha value is -3.60. The average Bonchev–Trinajstić information content (AvgIpc) is 3.06. The van der Waals surface area contributed by atoms with Gasteiger partial charge in [-0.2, -0.15) is 0 Å². The number of aromatic carboxylic acids is 1. The van der Waals surface area contributed by atoms with Gasteiger partial charge < -0.3 is 15.0 Å². The highest BCUT2D eigenvalue weighted by molar-refractivity contribution is 5.89. The summed E-state index contributed by atoms with van der Waals surface area (Å²) in [5, 5.41) is 13.5. The summed E-state index contributed by atoms with van der Waals surface area (Å²) in [5.41, 5.74) is 3.71. The van der Waals surface area contributed by atoms with Gasteiger partial charge in [-0.05, 0) is 35.9 Å². The van der Waals surface area contributed by atoms with Crippen LogP contribution in [0.1, 0.15) is 21.5 Å². The lowest BCUT2D eigenvalue weighted by atomic mass is 10.1. The molecule has 0 atom stereocenters. The molecule has 4 nitrogen and oxygen atoms in total. The Kier molecular flexibility index (Phi) is 4.81. The summed E-state index contributed by atoms with van der Waals surface area (Å²) in [6, 6.07) is 21.5. The molecule has 0 saturated heterocycles. The Morgan fingerprint density at radius 3 is 2.57 bits per heavy atom. The van der Waals surface area contributed by atoms with E-state index in [2.05, 4.69) is 5.32 Å². The zero-order valence-corrected chi connectivity index (χ0v) is 15.1. The van der Waals surface area contributed by atoms with E-state index in [0.29, 0.717) is 18.7 Å². The second kappa shape index (κ2) is 7.56. The quantitative estimate of drug-likeness (QED) is 0.491. The molecular formula is C23H19FN2O2. The van der Waals surface area contributed by atoms with Gasteiger partial charge in [0.2, 0.25) is 0 Å². The second-order valence-corrected chi connectivity index (χ2v) is 6.63.